The van der Waals surface area contributed by atoms with E-state index in [9.17, 15) is 4.79 Å². The van der Waals surface area contributed by atoms with Gasteiger partial charge in [-0.3, -0.25) is 9.69 Å². The number of carbonyl (C=O) groups excluding carboxylic acids is 1. The van der Waals surface area contributed by atoms with Gasteiger partial charge in [-0.15, -0.1) is 0 Å². The first-order chi connectivity index (χ1) is 7.24. The van der Waals surface area contributed by atoms with E-state index < -0.39 is 0 Å². The molecule has 0 aromatic heterocycles. The molecular weight excluding hydrogens is 190 g/mol. The third-order valence-electron chi connectivity index (χ3n) is 3.36. The number of likely N-dealkylation sites (tertiary alicyclic amines) is 1. The van der Waals surface area contributed by atoms with Crippen LogP contribution >= 0.6 is 0 Å². The van der Waals surface area contributed by atoms with E-state index >= 15 is 0 Å². The second-order valence-corrected chi connectivity index (χ2v) is 4.87. The SMILES string of the molecule is NC(=O)CN1CCC(NCC2CC2)CC1. The highest BCUT2D eigenvalue weighted by Gasteiger charge is 2.24. The lowest BCUT2D eigenvalue weighted by Gasteiger charge is -2.31. The molecule has 1 aliphatic carbocycles. The van der Waals surface area contributed by atoms with Crippen LogP contribution in [0.2, 0.25) is 0 Å². The Kier molecular flexibility index (Phi) is 3.59. The molecule has 0 spiro atoms. The Morgan fingerprint density at radius 3 is 2.47 bits per heavy atom. The maximum absolute atomic E-state index is 10.7. The summed E-state index contributed by atoms with van der Waals surface area (Å²) in [5.41, 5.74) is 5.17. The van der Waals surface area contributed by atoms with Crippen LogP contribution in [-0.2, 0) is 4.79 Å². The summed E-state index contributed by atoms with van der Waals surface area (Å²) in [7, 11) is 0. The van der Waals surface area contributed by atoms with E-state index in [0.29, 0.717) is 12.6 Å². The molecule has 86 valence electrons. The van der Waals surface area contributed by atoms with Gasteiger partial charge < -0.3 is 11.1 Å². The fraction of sp³-hybridized carbons (Fsp3) is 0.909. The van der Waals surface area contributed by atoms with Gasteiger partial charge in [0.2, 0.25) is 5.91 Å². The Morgan fingerprint density at radius 1 is 1.27 bits per heavy atom. The van der Waals surface area contributed by atoms with Crippen molar-refractivity contribution in [3.8, 4) is 0 Å². The van der Waals surface area contributed by atoms with Gasteiger partial charge in [-0.05, 0) is 38.1 Å². The molecule has 3 N–H and O–H groups in total. The minimum Gasteiger partial charge on any atom is -0.369 e. The zero-order valence-electron chi connectivity index (χ0n) is 9.24. The van der Waals surface area contributed by atoms with Crippen molar-refractivity contribution in [2.24, 2.45) is 11.7 Å². The summed E-state index contributed by atoms with van der Waals surface area (Å²) in [6.45, 7) is 3.63. The minimum absolute atomic E-state index is 0.209. The van der Waals surface area contributed by atoms with Gasteiger partial charge in [-0.2, -0.15) is 0 Å². The summed E-state index contributed by atoms with van der Waals surface area (Å²) < 4.78 is 0. The van der Waals surface area contributed by atoms with Gasteiger partial charge in [0.15, 0.2) is 0 Å². The Labute approximate surface area is 91.2 Å². The Balaban J connectivity index is 1.60. The fourth-order valence-electron chi connectivity index (χ4n) is 2.17. The van der Waals surface area contributed by atoms with Crippen molar-refractivity contribution in [2.75, 3.05) is 26.2 Å². The number of primary amides is 1. The molecule has 0 unspecified atom stereocenters. The predicted octanol–water partition coefficient (Wildman–Crippen LogP) is -0.0643. The number of nitrogens with two attached hydrogens (primary N) is 1. The van der Waals surface area contributed by atoms with Crippen molar-refractivity contribution in [3.63, 3.8) is 0 Å². The Morgan fingerprint density at radius 2 is 1.93 bits per heavy atom. The summed E-state index contributed by atoms with van der Waals surface area (Å²) in [4.78, 5) is 12.9. The van der Waals surface area contributed by atoms with Crippen molar-refractivity contribution >= 4 is 5.91 Å². The Bertz CT molecular complexity index is 220. The number of amides is 1. The van der Waals surface area contributed by atoms with E-state index in [4.69, 9.17) is 5.73 Å². The molecule has 1 aliphatic heterocycles. The molecule has 1 saturated carbocycles. The second kappa shape index (κ2) is 4.94. The standard InChI is InChI=1S/C11H21N3O/c12-11(15)8-14-5-3-10(4-6-14)13-7-9-1-2-9/h9-10,13H,1-8H2,(H2,12,15). The summed E-state index contributed by atoms with van der Waals surface area (Å²) in [6, 6.07) is 0.662. The first kappa shape index (κ1) is 10.9. The smallest absolute Gasteiger partial charge is 0.231 e. The van der Waals surface area contributed by atoms with E-state index in [-0.39, 0.29) is 5.91 Å². The average molecular weight is 211 g/mol. The molecule has 1 heterocycles. The molecule has 1 amide bonds. The van der Waals surface area contributed by atoms with Crippen LogP contribution in [0.25, 0.3) is 0 Å². The molecule has 2 fully saturated rings. The number of nitrogens with one attached hydrogen (secondary N) is 1. The van der Waals surface area contributed by atoms with Crippen molar-refractivity contribution in [3.05, 3.63) is 0 Å². The van der Waals surface area contributed by atoms with E-state index in [0.717, 1.165) is 31.8 Å². The molecule has 0 atom stereocenters. The molecule has 0 radical (unpaired) electrons. The van der Waals surface area contributed by atoms with Crippen LogP contribution in [-0.4, -0.2) is 43.0 Å². The average Bonchev–Trinajstić information content (AvgIpc) is 2.99. The number of nitrogens with zero attached hydrogens (tertiary/aromatic N) is 1. The van der Waals surface area contributed by atoms with Crippen LogP contribution in [0.4, 0.5) is 0 Å². The molecular formula is C11H21N3O. The van der Waals surface area contributed by atoms with E-state index in [1.165, 1.54) is 19.4 Å². The number of carbonyl (C=O) groups is 1. The second-order valence-electron chi connectivity index (χ2n) is 4.87. The zero-order chi connectivity index (χ0) is 10.7. The lowest BCUT2D eigenvalue weighted by Crippen LogP contribution is -2.45. The van der Waals surface area contributed by atoms with Crippen LogP contribution in [0.15, 0.2) is 0 Å². The van der Waals surface area contributed by atoms with Gasteiger partial charge in [-0.25, -0.2) is 0 Å². The highest BCUT2D eigenvalue weighted by Crippen LogP contribution is 2.28. The normalized spacial score (nSPS) is 24.3. The minimum atomic E-state index is -0.209. The molecule has 4 nitrogen and oxygen atoms in total. The van der Waals surface area contributed by atoms with Crippen molar-refractivity contribution in [1.82, 2.24) is 10.2 Å². The van der Waals surface area contributed by atoms with Gasteiger partial charge in [-0.1, -0.05) is 0 Å². The fourth-order valence-corrected chi connectivity index (χ4v) is 2.17. The van der Waals surface area contributed by atoms with Crippen LogP contribution in [0.1, 0.15) is 25.7 Å². The quantitative estimate of drug-likeness (QED) is 0.669. The summed E-state index contributed by atoms with van der Waals surface area (Å²) in [5.74, 6) is 0.744. The monoisotopic (exact) mass is 211 g/mol. The van der Waals surface area contributed by atoms with Gasteiger partial charge >= 0.3 is 0 Å². The molecule has 0 bridgehead atoms. The first-order valence-electron chi connectivity index (χ1n) is 5.98. The first-order valence-corrected chi connectivity index (χ1v) is 5.98. The maximum Gasteiger partial charge on any atom is 0.231 e. The summed E-state index contributed by atoms with van der Waals surface area (Å²) >= 11 is 0. The van der Waals surface area contributed by atoms with Crippen molar-refractivity contribution in [1.29, 1.82) is 0 Å². The highest BCUT2D eigenvalue weighted by molar-refractivity contribution is 5.75. The molecule has 15 heavy (non-hydrogen) atoms. The van der Waals surface area contributed by atoms with Gasteiger partial charge in [0.25, 0.3) is 0 Å². The highest BCUT2D eigenvalue weighted by atomic mass is 16.1. The zero-order valence-corrected chi connectivity index (χ0v) is 9.24. The van der Waals surface area contributed by atoms with Gasteiger partial charge in [0, 0.05) is 19.1 Å². The molecule has 2 aliphatic rings. The summed E-state index contributed by atoms with van der Waals surface area (Å²) in [6.07, 6.45) is 5.13. The maximum atomic E-state index is 10.7. The number of rotatable bonds is 5. The lowest BCUT2D eigenvalue weighted by atomic mass is 10.0. The van der Waals surface area contributed by atoms with Crippen LogP contribution < -0.4 is 11.1 Å². The summed E-state index contributed by atoms with van der Waals surface area (Å²) in [5, 5.41) is 3.61. The van der Waals surface area contributed by atoms with E-state index in [1.807, 2.05) is 0 Å². The van der Waals surface area contributed by atoms with Gasteiger partial charge in [0.1, 0.15) is 0 Å². The molecule has 4 heteroatoms. The molecule has 2 rings (SSSR count). The van der Waals surface area contributed by atoms with Crippen LogP contribution in [0.3, 0.4) is 0 Å². The topological polar surface area (TPSA) is 58.4 Å². The number of piperidine rings is 1. The van der Waals surface area contributed by atoms with Crippen molar-refractivity contribution < 1.29 is 4.79 Å². The van der Waals surface area contributed by atoms with E-state index in [2.05, 4.69) is 10.2 Å². The van der Waals surface area contributed by atoms with E-state index in [1.54, 1.807) is 0 Å². The third-order valence-corrected chi connectivity index (χ3v) is 3.36. The largest absolute Gasteiger partial charge is 0.369 e. The molecule has 0 aromatic rings. The Hall–Kier alpha value is -0.610. The number of hydrogen-bond donors (Lipinski definition) is 2. The van der Waals surface area contributed by atoms with Crippen LogP contribution in [0, 0.1) is 5.92 Å². The van der Waals surface area contributed by atoms with Crippen molar-refractivity contribution in [2.45, 2.75) is 31.7 Å². The predicted molar refractivity (Wildman–Crippen MR) is 59.4 cm³/mol. The third kappa shape index (κ3) is 3.80. The molecule has 1 saturated heterocycles. The van der Waals surface area contributed by atoms with Crippen LogP contribution in [0.5, 0.6) is 0 Å². The van der Waals surface area contributed by atoms with Gasteiger partial charge in [0.05, 0.1) is 6.54 Å². The molecule has 0 aromatic carbocycles. The lowest BCUT2D eigenvalue weighted by molar-refractivity contribution is -0.119. The number of hydrogen-bond acceptors (Lipinski definition) is 3.